The molecule has 0 unspecified atom stereocenters. The molecule has 0 amide bonds. The van der Waals surface area contributed by atoms with Gasteiger partial charge < -0.3 is 15.7 Å². The number of amidine groups is 1. The van der Waals surface area contributed by atoms with Crippen molar-refractivity contribution < 1.29 is 44.3 Å². The molecule has 0 spiro atoms. The molecular formula is C31H24ClN9O10S3. The fourth-order valence-electron chi connectivity index (χ4n) is 4.29. The third-order valence-corrected chi connectivity index (χ3v) is 10.1. The lowest BCUT2D eigenvalue weighted by molar-refractivity contribution is 0.112. The van der Waals surface area contributed by atoms with Crippen molar-refractivity contribution in [3.63, 3.8) is 0 Å². The Balaban J connectivity index is 1.51. The molecule has 0 aliphatic rings. The number of halogens is 1. The first kappa shape index (κ1) is 39.0. The summed E-state index contributed by atoms with van der Waals surface area (Å²) >= 11 is 6.08. The van der Waals surface area contributed by atoms with E-state index in [1.54, 1.807) is 12.1 Å². The molecule has 278 valence electrons. The normalized spacial score (nSPS) is 12.3. The van der Waals surface area contributed by atoms with E-state index >= 15 is 0 Å². The number of aldehydes is 1. The zero-order chi connectivity index (χ0) is 39.3. The molecule has 6 N–H and O–H groups in total. The van der Waals surface area contributed by atoms with E-state index in [9.17, 15) is 44.3 Å². The van der Waals surface area contributed by atoms with Crippen molar-refractivity contribution in [2.24, 2.45) is 15.3 Å². The van der Waals surface area contributed by atoms with E-state index in [0.717, 1.165) is 29.7 Å². The van der Waals surface area contributed by atoms with Crippen LogP contribution in [0.1, 0.15) is 15.9 Å². The van der Waals surface area contributed by atoms with Crippen LogP contribution < -0.4 is 16.1 Å². The largest absolute Gasteiger partial charge is 0.504 e. The minimum Gasteiger partial charge on any atom is -0.504 e. The number of nitrogens with one attached hydrogen (secondary N) is 3. The standard InChI is InChI=1S/C31H24ClN9O10S3/c1-2-52(44,45)21-13-9-20(10-14-21)33-30-35-29(32)36-31(37-30)34-25-15-23(54(49,50)51)16-26(27(25)43)39-41-28(18-7-11-22(12-8-18)53(46,47)48)40-38-24-6-4-3-5-19(24)17-42/h2-17,39,43H,1H2,(H,46,47,48)(H,49,50,51)(H2,33,34,35,36,37). The molecule has 0 saturated carbocycles. The number of hydrazone groups is 1. The summed E-state index contributed by atoms with van der Waals surface area (Å²) in [6, 6.07) is 17.7. The lowest BCUT2D eigenvalue weighted by Gasteiger charge is -2.14. The zero-order valence-corrected chi connectivity index (χ0v) is 30.1. The number of carbonyl (C=O) groups is 1. The van der Waals surface area contributed by atoms with Crippen LogP contribution in [0.15, 0.2) is 127 Å². The summed E-state index contributed by atoms with van der Waals surface area (Å²) < 4.78 is 91.0. The highest BCUT2D eigenvalue weighted by Crippen LogP contribution is 2.37. The van der Waals surface area contributed by atoms with Crippen molar-refractivity contribution in [2.75, 3.05) is 16.1 Å². The van der Waals surface area contributed by atoms with E-state index in [0.29, 0.717) is 12.0 Å². The first-order valence-electron chi connectivity index (χ1n) is 14.6. The van der Waals surface area contributed by atoms with E-state index in [1.807, 2.05) is 0 Å². The highest BCUT2D eigenvalue weighted by atomic mass is 35.5. The van der Waals surface area contributed by atoms with Crippen molar-refractivity contribution >= 4 is 88.4 Å². The fraction of sp³-hybridized carbons (Fsp3) is 0. The van der Waals surface area contributed by atoms with Gasteiger partial charge in [0.05, 0.1) is 26.1 Å². The van der Waals surface area contributed by atoms with Crippen molar-refractivity contribution in [2.45, 2.75) is 14.7 Å². The Labute approximate surface area is 311 Å². The van der Waals surface area contributed by atoms with Crippen molar-refractivity contribution in [1.29, 1.82) is 0 Å². The molecule has 0 bridgehead atoms. The Bertz CT molecular complexity index is 2660. The summed E-state index contributed by atoms with van der Waals surface area (Å²) in [7, 11) is -13.2. The van der Waals surface area contributed by atoms with Gasteiger partial charge in [0, 0.05) is 22.2 Å². The summed E-state index contributed by atoms with van der Waals surface area (Å²) in [5.74, 6) is -1.47. The number of benzene rings is 4. The van der Waals surface area contributed by atoms with Crippen LogP contribution in [0.4, 0.5) is 34.6 Å². The Kier molecular flexibility index (Phi) is 11.4. The molecule has 0 radical (unpaired) electrons. The van der Waals surface area contributed by atoms with Crippen LogP contribution >= 0.6 is 11.6 Å². The maximum Gasteiger partial charge on any atom is 0.294 e. The van der Waals surface area contributed by atoms with E-state index in [4.69, 9.17) is 11.6 Å². The van der Waals surface area contributed by atoms with Crippen LogP contribution in [0.25, 0.3) is 0 Å². The summed E-state index contributed by atoms with van der Waals surface area (Å²) in [4.78, 5) is 22.3. The second-order valence-electron chi connectivity index (χ2n) is 10.5. The van der Waals surface area contributed by atoms with Gasteiger partial charge in [-0.05, 0) is 84.4 Å². The molecule has 5 rings (SSSR count). The number of nitrogens with zero attached hydrogens (tertiary/aromatic N) is 6. The molecule has 19 nitrogen and oxygen atoms in total. The zero-order valence-electron chi connectivity index (χ0n) is 26.9. The number of rotatable bonds is 13. The molecular weight excluding hydrogens is 790 g/mol. The molecule has 0 saturated heterocycles. The van der Waals surface area contributed by atoms with Gasteiger partial charge in [0.2, 0.25) is 23.0 Å². The lowest BCUT2D eigenvalue weighted by Crippen LogP contribution is -2.07. The average molecular weight is 814 g/mol. The quantitative estimate of drug-likeness (QED) is 0.0163. The number of sulfone groups is 1. The van der Waals surface area contributed by atoms with Gasteiger partial charge in [-0.2, -0.15) is 36.9 Å². The van der Waals surface area contributed by atoms with Crippen molar-refractivity contribution in [3.8, 4) is 5.75 Å². The SMILES string of the molecule is C=CS(=O)(=O)c1ccc(Nc2nc(Cl)nc(Nc3cc(S(=O)(=O)O)cc(NN=C(N=Nc4ccccc4C=O)c4ccc(S(=O)(=O)O)cc4)c3O)n2)cc1. The molecule has 23 heteroatoms. The van der Waals surface area contributed by atoms with E-state index in [1.165, 1.54) is 48.5 Å². The van der Waals surface area contributed by atoms with E-state index in [2.05, 4.69) is 52.9 Å². The topological polar surface area (TPSA) is 292 Å². The Morgan fingerprint density at radius 1 is 0.759 bits per heavy atom. The first-order valence-corrected chi connectivity index (χ1v) is 19.4. The van der Waals surface area contributed by atoms with Crippen LogP contribution in [0, 0.1) is 0 Å². The maximum atomic E-state index is 12.2. The van der Waals surface area contributed by atoms with Crippen molar-refractivity contribution in [1.82, 2.24) is 15.0 Å². The number of anilines is 5. The summed E-state index contributed by atoms with van der Waals surface area (Å²) in [5.41, 5.74) is 2.32. The van der Waals surface area contributed by atoms with Crippen molar-refractivity contribution in [3.05, 3.63) is 113 Å². The molecule has 1 heterocycles. The Hall–Kier alpha value is -6.17. The van der Waals surface area contributed by atoms with Crippen LogP contribution in [-0.2, 0) is 30.1 Å². The van der Waals surface area contributed by atoms with Gasteiger partial charge in [-0.1, -0.05) is 18.7 Å². The molecule has 0 fully saturated rings. The van der Waals surface area contributed by atoms with Gasteiger partial charge in [0.25, 0.3) is 20.2 Å². The monoisotopic (exact) mass is 813 g/mol. The van der Waals surface area contributed by atoms with Crippen LogP contribution in [-0.4, -0.2) is 66.5 Å². The number of azo groups is 1. The lowest BCUT2D eigenvalue weighted by atomic mass is 10.2. The number of phenolic OH excluding ortho intramolecular Hbond substituents is 1. The van der Waals surface area contributed by atoms with Gasteiger partial charge in [0.15, 0.2) is 21.9 Å². The predicted octanol–water partition coefficient (Wildman–Crippen LogP) is 5.50. The number of carbonyl (C=O) groups excluding carboxylic acids is 1. The number of aromatic hydroxyl groups is 1. The predicted molar refractivity (Wildman–Crippen MR) is 196 cm³/mol. The molecule has 5 aromatic rings. The maximum absolute atomic E-state index is 12.2. The second-order valence-corrected chi connectivity index (χ2v) is 15.6. The highest BCUT2D eigenvalue weighted by Gasteiger charge is 2.20. The molecule has 54 heavy (non-hydrogen) atoms. The van der Waals surface area contributed by atoms with Crippen LogP contribution in [0.3, 0.4) is 0 Å². The molecule has 0 atom stereocenters. The molecule has 1 aromatic heterocycles. The fourth-order valence-corrected chi connectivity index (χ4v) is 6.17. The first-order chi connectivity index (χ1) is 25.5. The third-order valence-electron chi connectivity index (χ3n) is 6.90. The van der Waals surface area contributed by atoms with Crippen LogP contribution in [0.5, 0.6) is 5.75 Å². The molecule has 0 aliphatic carbocycles. The van der Waals surface area contributed by atoms with Gasteiger partial charge in [-0.25, -0.2) is 8.42 Å². The smallest absolute Gasteiger partial charge is 0.294 e. The van der Waals surface area contributed by atoms with Crippen LogP contribution in [0.2, 0.25) is 5.28 Å². The minimum absolute atomic E-state index is 0.0181. The minimum atomic E-state index is -4.93. The number of hydrogen-bond donors (Lipinski definition) is 6. The van der Waals surface area contributed by atoms with E-state index in [-0.39, 0.29) is 44.7 Å². The number of phenols is 1. The van der Waals surface area contributed by atoms with Gasteiger partial charge in [-0.3, -0.25) is 19.3 Å². The van der Waals surface area contributed by atoms with Gasteiger partial charge in [0.1, 0.15) is 5.69 Å². The Morgan fingerprint density at radius 2 is 1.35 bits per heavy atom. The summed E-state index contributed by atoms with van der Waals surface area (Å²) in [6.45, 7) is 3.28. The number of hydrogen-bond acceptors (Lipinski definition) is 16. The number of aromatic nitrogens is 3. The van der Waals surface area contributed by atoms with E-state index < -0.39 is 57.0 Å². The second kappa shape index (κ2) is 15.8. The summed E-state index contributed by atoms with van der Waals surface area (Å²) in [6.07, 6.45) is 0.534. The molecule has 4 aromatic carbocycles. The summed E-state index contributed by atoms with van der Waals surface area (Å²) in [5, 5.41) is 29.2. The third kappa shape index (κ3) is 9.62. The van der Waals surface area contributed by atoms with Gasteiger partial charge >= 0.3 is 0 Å². The molecule has 0 aliphatic heterocycles. The highest BCUT2D eigenvalue weighted by molar-refractivity contribution is 7.94. The Morgan fingerprint density at radius 3 is 1.96 bits per heavy atom. The van der Waals surface area contributed by atoms with Gasteiger partial charge in [-0.15, -0.1) is 10.2 Å². The average Bonchev–Trinajstić information content (AvgIpc) is 3.12.